The minimum Gasteiger partial charge on any atom is -0.381 e. The van der Waals surface area contributed by atoms with Crippen molar-refractivity contribution in [2.45, 2.75) is 38.4 Å². The number of nitrogens with one attached hydrogen (secondary N) is 1. The Hall–Kier alpha value is -2.75. The van der Waals surface area contributed by atoms with Crippen molar-refractivity contribution >= 4 is 11.9 Å². The number of carbonyl (C=O) groups is 1. The van der Waals surface area contributed by atoms with E-state index < -0.39 is 23.6 Å². The summed E-state index contributed by atoms with van der Waals surface area (Å²) in [4.78, 5) is 22.9. The molecular weight excluding hydrogens is 428 g/mol. The highest BCUT2D eigenvalue weighted by Gasteiger charge is 2.41. The van der Waals surface area contributed by atoms with Gasteiger partial charge in [-0.15, -0.1) is 0 Å². The standard InChI is InChI=1S/C22H24F4N4O2/c1-14(17-3-2-16(10-18(17)23)22(24,25)26)29-20-27-11-15(12-28-20)19(31)30-7-4-21(13-30)5-8-32-9-6-21/h2-3,10-12,14H,4-9,13H2,1H3,(H,27,28,29). The molecule has 1 aromatic heterocycles. The summed E-state index contributed by atoms with van der Waals surface area (Å²) in [5, 5.41) is 2.86. The smallest absolute Gasteiger partial charge is 0.381 e. The second-order valence-electron chi connectivity index (χ2n) is 8.48. The minimum atomic E-state index is -4.61. The average Bonchev–Trinajstić information content (AvgIpc) is 3.16. The molecule has 0 saturated carbocycles. The lowest BCUT2D eigenvalue weighted by molar-refractivity contribution is -0.137. The van der Waals surface area contributed by atoms with Gasteiger partial charge in [0.25, 0.3) is 5.91 Å². The highest BCUT2D eigenvalue weighted by Crippen LogP contribution is 2.40. The van der Waals surface area contributed by atoms with Crippen LogP contribution >= 0.6 is 0 Å². The van der Waals surface area contributed by atoms with Gasteiger partial charge in [0, 0.05) is 44.3 Å². The molecule has 1 N–H and O–H groups in total. The first-order valence-corrected chi connectivity index (χ1v) is 10.5. The van der Waals surface area contributed by atoms with Crippen molar-refractivity contribution in [2.75, 3.05) is 31.6 Å². The van der Waals surface area contributed by atoms with Gasteiger partial charge in [-0.25, -0.2) is 14.4 Å². The molecule has 1 aromatic carbocycles. The number of halogens is 4. The number of hydrogen-bond donors (Lipinski definition) is 1. The zero-order chi connectivity index (χ0) is 22.9. The van der Waals surface area contributed by atoms with Gasteiger partial charge >= 0.3 is 6.18 Å². The third kappa shape index (κ3) is 4.69. The second-order valence-corrected chi connectivity index (χ2v) is 8.48. The summed E-state index contributed by atoms with van der Waals surface area (Å²) in [7, 11) is 0. The molecule has 3 heterocycles. The topological polar surface area (TPSA) is 67.4 Å². The zero-order valence-corrected chi connectivity index (χ0v) is 17.6. The fourth-order valence-electron chi connectivity index (χ4n) is 4.34. The Bertz CT molecular complexity index is 975. The summed E-state index contributed by atoms with van der Waals surface area (Å²) in [5.74, 6) is -0.958. The number of anilines is 1. The van der Waals surface area contributed by atoms with Gasteiger partial charge in [-0.2, -0.15) is 13.2 Å². The van der Waals surface area contributed by atoms with Gasteiger partial charge in [-0.05, 0) is 43.7 Å². The number of alkyl halides is 3. The predicted molar refractivity (Wildman–Crippen MR) is 108 cm³/mol. The van der Waals surface area contributed by atoms with E-state index in [0.29, 0.717) is 24.7 Å². The van der Waals surface area contributed by atoms with Crippen molar-refractivity contribution in [1.29, 1.82) is 0 Å². The Morgan fingerprint density at radius 3 is 2.50 bits per heavy atom. The van der Waals surface area contributed by atoms with Gasteiger partial charge in [0.05, 0.1) is 17.2 Å². The zero-order valence-electron chi connectivity index (χ0n) is 17.6. The molecule has 2 aliphatic rings. The van der Waals surface area contributed by atoms with Crippen LogP contribution in [0.5, 0.6) is 0 Å². The van der Waals surface area contributed by atoms with Crippen LogP contribution in [-0.2, 0) is 10.9 Å². The number of likely N-dealkylation sites (tertiary alicyclic amines) is 1. The number of ether oxygens (including phenoxy) is 1. The first-order valence-electron chi connectivity index (χ1n) is 10.5. The van der Waals surface area contributed by atoms with Gasteiger partial charge < -0.3 is 15.0 Å². The summed E-state index contributed by atoms with van der Waals surface area (Å²) in [6, 6.07) is 1.72. The van der Waals surface area contributed by atoms with Crippen molar-refractivity contribution in [2.24, 2.45) is 5.41 Å². The molecule has 0 bridgehead atoms. The van der Waals surface area contributed by atoms with Crippen LogP contribution in [0.3, 0.4) is 0 Å². The summed E-state index contributed by atoms with van der Waals surface area (Å²) in [5.41, 5.74) is -0.500. The van der Waals surface area contributed by atoms with Crippen LogP contribution < -0.4 is 5.32 Å². The summed E-state index contributed by atoms with van der Waals surface area (Å²) >= 11 is 0. The maximum Gasteiger partial charge on any atom is 0.416 e. The highest BCUT2D eigenvalue weighted by atomic mass is 19.4. The maximum absolute atomic E-state index is 14.2. The van der Waals surface area contributed by atoms with Crippen molar-refractivity contribution in [3.63, 3.8) is 0 Å². The lowest BCUT2D eigenvalue weighted by Gasteiger charge is -2.33. The molecule has 1 spiro atoms. The van der Waals surface area contributed by atoms with E-state index in [1.165, 1.54) is 12.4 Å². The third-order valence-corrected chi connectivity index (χ3v) is 6.32. The van der Waals surface area contributed by atoms with Gasteiger partial charge in [-0.1, -0.05) is 6.07 Å². The van der Waals surface area contributed by atoms with Gasteiger partial charge in [0.1, 0.15) is 5.82 Å². The van der Waals surface area contributed by atoms with Crippen LogP contribution in [0.25, 0.3) is 0 Å². The number of amides is 1. The molecule has 4 rings (SSSR count). The van der Waals surface area contributed by atoms with Crippen LogP contribution in [0.2, 0.25) is 0 Å². The number of nitrogens with zero attached hydrogens (tertiary/aromatic N) is 3. The number of carbonyl (C=O) groups excluding carboxylic acids is 1. The van der Waals surface area contributed by atoms with Crippen molar-refractivity contribution in [3.8, 4) is 0 Å². The molecule has 2 fully saturated rings. The molecule has 2 saturated heterocycles. The van der Waals surface area contributed by atoms with Gasteiger partial charge in [0.15, 0.2) is 0 Å². The van der Waals surface area contributed by atoms with Crippen LogP contribution in [0.15, 0.2) is 30.6 Å². The Kier molecular flexibility index (Phi) is 6.07. The molecule has 2 aromatic rings. The normalized spacial score (nSPS) is 19.2. The summed E-state index contributed by atoms with van der Waals surface area (Å²) < 4.78 is 57.8. The Balaban J connectivity index is 1.39. The fraction of sp³-hybridized carbons (Fsp3) is 0.500. The minimum absolute atomic E-state index is 0.0561. The molecule has 10 heteroatoms. The Morgan fingerprint density at radius 2 is 1.88 bits per heavy atom. The highest BCUT2D eigenvalue weighted by molar-refractivity contribution is 5.94. The summed E-state index contributed by atoms with van der Waals surface area (Å²) in [6.45, 7) is 4.42. The third-order valence-electron chi connectivity index (χ3n) is 6.32. The Labute approximate surface area is 183 Å². The van der Waals surface area contributed by atoms with Crippen LogP contribution in [0, 0.1) is 11.2 Å². The van der Waals surface area contributed by atoms with Crippen LogP contribution in [0.4, 0.5) is 23.5 Å². The second kappa shape index (κ2) is 8.65. The number of rotatable bonds is 4. The van der Waals surface area contributed by atoms with Gasteiger partial charge in [-0.3, -0.25) is 4.79 Å². The first kappa shape index (κ1) is 22.4. The van der Waals surface area contributed by atoms with E-state index in [4.69, 9.17) is 4.74 Å². The number of aromatic nitrogens is 2. The molecule has 0 aliphatic carbocycles. The van der Waals surface area contributed by atoms with Crippen molar-refractivity contribution in [3.05, 3.63) is 53.1 Å². The predicted octanol–water partition coefficient (Wildman–Crippen LogP) is 4.45. The molecule has 1 unspecified atom stereocenters. The Morgan fingerprint density at radius 1 is 1.19 bits per heavy atom. The van der Waals surface area contributed by atoms with Crippen LogP contribution in [0.1, 0.15) is 53.7 Å². The molecule has 0 radical (unpaired) electrons. The molecule has 32 heavy (non-hydrogen) atoms. The monoisotopic (exact) mass is 452 g/mol. The van der Waals surface area contributed by atoms with E-state index in [0.717, 1.165) is 44.6 Å². The number of hydrogen-bond acceptors (Lipinski definition) is 5. The molecular formula is C22H24F4N4O2. The van der Waals surface area contributed by atoms with E-state index >= 15 is 0 Å². The average molecular weight is 452 g/mol. The van der Waals surface area contributed by atoms with Crippen LogP contribution in [-0.4, -0.2) is 47.1 Å². The van der Waals surface area contributed by atoms with E-state index in [9.17, 15) is 22.4 Å². The maximum atomic E-state index is 14.2. The molecule has 172 valence electrons. The first-order chi connectivity index (χ1) is 15.2. The SMILES string of the molecule is CC(Nc1ncc(C(=O)N2CCC3(CCOCC3)C2)cn1)c1ccc(C(F)(F)F)cc1F. The lowest BCUT2D eigenvalue weighted by atomic mass is 9.80. The van der Waals surface area contributed by atoms with Crippen molar-refractivity contribution < 1.29 is 27.1 Å². The summed E-state index contributed by atoms with van der Waals surface area (Å²) in [6.07, 6.45) is 1.06. The molecule has 2 aliphatic heterocycles. The molecule has 1 amide bonds. The lowest BCUT2D eigenvalue weighted by Crippen LogP contribution is -2.35. The number of benzene rings is 1. The van der Waals surface area contributed by atoms with Crippen molar-refractivity contribution in [1.82, 2.24) is 14.9 Å². The molecule has 6 nitrogen and oxygen atoms in total. The van der Waals surface area contributed by atoms with E-state index in [1.54, 1.807) is 6.92 Å². The van der Waals surface area contributed by atoms with E-state index in [1.807, 2.05) is 4.90 Å². The quantitative estimate of drug-likeness (QED) is 0.695. The fourth-order valence-corrected chi connectivity index (χ4v) is 4.34. The van der Waals surface area contributed by atoms with Gasteiger partial charge in [0.2, 0.25) is 5.95 Å². The van der Waals surface area contributed by atoms with E-state index in [2.05, 4.69) is 15.3 Å². The van der Waals surface area contributed by atoms with E-state index in [-0.39, 0.29) is 22.8 Å². The molecule has 1 atom stereocenters. The largest absolute Gasteiger partial charge is 0.416 e.